The molecule has 0 radical (unpaired) electrons. The number of rotatable bonds is 2. The molecule has 1 rings (SSSR count). The fourth-order valence-electron chi connectivity index (χ4n) is 1.03. The van der Waals surface area contributed by atoms with Gasteiger partial charge in [0.2, 0.25) is 0 Å². The summed E-state index contributed by atoms with van der Waals surface area (Å²) < 4.78 is 0.715. The largest absolute Gasteiger partial charge is 0.507 e. The van der Waals surface area contributed by atoms with Crippen LogP contribution in [0.4, 0.5) is 0 Å². The molecule has 0 aliphatic heterocycles. The molecule has 3 nitrogen and oxygen atoms in total. The maximum atomic E-state index is 10.3. The third-order valence-electron chi connectivity index (χ3n) is 1.69. The van der Waals surface area contributed by atoms with Crippen LogP contribution in [0.2, 0.25) is 0 Å². The molecule has 0 fully saturated rings. The first-order chi connectivity index (χ1) is 6.50. The number of benzene rings is 1. The maximum absolute atomic E-state index is 10.3. The molecular formula is C10H9IO3. The SMILES string of the molecule is Cc1cc(/C=C/C(=O)O)cc(I)c1O. The zero-order valence-electron chi connectivity index (χ0n) is 7.49. The van der Waals surface area contributed by atoms with Crippen molar-refractivity contribution in [3.63, 3.8) is 0 Å². The average molecular weight is 304 g/mol. The van der Waals surface area contributed by atoms with E-state index in [-0.39, 0.29) is 5.75 Å². The minimum absolute atomic E-state index is 0.248. The summed E-state index contributed by atoms with van der Waals surface area (Å²) in [5, 5.41) is 17.9. The molecule has 0 atom stereocenters. The van der Waals surface area contributed by atoms with Crippen LogP contribution in [0, 0.1) is 10.5 Å². The van der Waals surface area contributed by atoms with E-state index in [0.717, 1.165) is 17.2 Å². The first kappa shape index (κ1) is 11.0. The van der Waals surface area contributed by atoms with Crippen LogP contribution in [-0.2, 0) is 4.79 Å². The Balaban J connectivity index is 3.07. The fourth-order valence-corrected chi connectivity index (χ4v) is 1.81. The van der Waals surface area contributed by atoms with Crippen molar-refractivity contribution >= 4 is 34.6 Å². The van der Waals surface area contributed by atoms with Crippen molar-refractivity contribution in [3.05, 3.63) is 32.9 Å². The number of carbonyl (C=O) groups is 1. The van der Waals surface area contributed by atoms with Crippen LogP contribution in [0.25, 0.3) is 6.08 Å². The number of aromatic hydroxyl groups is 1. The Labute approximate surface area is 95.2 Å². The van der Waals surface area contributed by atoms with Crippen molar-refractivity contribution in [2.24, 2.45) is 0 Å². The van der Waals surface area contributed by atoms with Crippen LogP contribution < -0.4 is 0 Å². The number of carboxylic acids is 1. The lowest BCUT2D eigenvalue weighted by Crippen LogP contribution is -1.87. The van der Waals surface area contributed by atoms with E-state index in [2.05, 4.69) is 0 Å². The summed E-state index contributed by atoms with van der Waals surface area (Å²) >= 11 is 2.00. The monoisotopic (exact) mass is 304 g/mol. The third kappa shape index (κ3) is 2.73. The summed E-state index contributed by atoms with van der Waals surface area (Å²) in [6.07, 6.45) is 2.57. The Morgan fingerprint density at radius 1 is 1.50 bits per heavy atom. The maximum Gasteiger partial charge on any atom is 0.328 e. The molecular weight excluding hydrogens is 295 g/mol. The van der Waals surface area contributed by atoms with Crippen LogP contribution >= 0.6 is 22.6 Å². The third-order valence-corrected chi connectivity index (χ3v) is 2.52. The second-order valence-electron chi connectivity index (χ2n) is 2.84. The van der Waals surface area contributed by atoms with Crippen LogP contribution in [0.15, 0.2) is 18.2 Å². The van der Waals surface area contributed by atoms with Crippen molar-refractivity contribution in [2.75, 3.05) is 0 Å². The molecule has 0 aliphatic carbocycles. The van der Waals surface area contributed by atoms with E-state index in [1.54, 1.807) is 19.1 Å². The van der Waals surface area contributed by atoms with Crippen LogP contribution in [0.3, 0.4) is 0 Å². The molecule has 0 bridgehead atoms. The van der Waals surface area contributed by atoms with Gasteiger partial charge in [0.25, 0.3) is 0 Å². The summed E-state index contributed by atoms with van der Waals surface area (Å²) in [5.41, 5.74) is 1.51. The summed E-state index contributed by atoms with van der Waals surface area (Å²) in [4.78, 5) is 10.3. The van der Waals surface area contributed by atoms with Crippen molar-refractivity contribution < 1.29 is 15.0 Å². The van der Waals surface area contributed by atoms with Gasteiger partial charge < -0.3 is 10.2 Å². The van der Waals surface area contributed by atoms with Gasteiger partial charge in [0, 0.05) is 6.08 Å². The van der Waals surface area contributed by atoms with Crippen molar-refractivity contribution in [2.45, 2.75) is 6.92 Å². The minimum atomic E-state index is -0.981. The predicted octanol–water partition coefficient (Wildman–Crippen LogP) is 2.40. The predicted molar refractivity (Wildman–Crippen MR) is 62.2 cm³/mol. The molecule has 0 aliphatic rings. The number of phenols is 1. The molecule has 0 saturated heterocycles. The molecule has 1 aromatic carbocycles. The second kappa shape index (κ2) is 4.45. The number of hydrogen-bond donors (Lipinski definition) is 2. The van der Waals surface area contributed by atoms with Crippen molar-refractivity contribution in [3.8, 4) is 5.75 Å². The van der Waals surface area contributed by atoms with Crippen molar-refractivity contribution in [1.82, 2.24) is 0 Å². The molecule has 14 heavy (non-hydrogen) atoms. The lowest BCUT2D eigenvalue weighted by Gasteiger charge is -2.02. The zero-order valence-corrected chi connectivity index (χ0v) is 9.65. The van der Waals surface area contributed by atoms with Gasteiger partial charge in [0.15, 0.2) is 0 Å². The van der Waals surface area contributed by atoms with Gasteiger partial charge in [-0.15, -0.1) is 0 Å². The summed E-state index contributed by atoms with van der Waals surface area (Å²) in [6, 6.07) is 3.46. The smallest absolute Gasteiger partial charge is 0.328 e. The number of aryl methyl sites for hydroxylation is 1. The van der Waals surface area contributed by atoms with E-state index in [1.807, 2.05) is 22.6 Å². The Bertz CT molecular complexity index is 373. The average Bonchev–Trinajstić information content (AvgIpc) is 2.10. The normalized spacial score (nSPS) is 10.7. The molecule has 0 aromatic heterocycles. The van der Waals surface area contributed by atoms with Gasteiger partial charge >= 0.3 is 5.97 Å². The molecule has 0 amide bonds. The van der Waals surface area contributed by atoms with E-state index in [0.29, 0.717) is 3.57 Å². The van der Waals surface area contributed by atoms with Gasteiger partial charge in [-0.25, -0.2) is 4.79 Å². The van der Waals surface area contributed by atoms with Crippen LogP contribution in [-0.4, -0.2) is 16.2 Å². The minimum Gasteiger partial charge on any atom is -0.507 e. The second-order valence-corrected chi connectivity index (χ2v) is 4.00. The van der Waals surface area contributed by atoms with Gasteiger partial charge in [0.1, 0.15) is 5.75 Å². The fraction of sp³-hybridized carbons (Fsp3) is 0.100. The topological polar surface area (TPSA) is 57.5 Å². The highest BCUT2D eigenvalue weighted by Gasteiger charge is 2.02. The highest BCUT2D eigenvalue weighted by molar-refractivity contribution is 14.1. The summed E-state index contributed by atoms with van der Waals surface area (Å²) in [7, 11) is 0. The van der Waals surface area contributed by atoms with E-state index in [9.17, 15) is 9.90 Å². The Morgan fingerprint density at radius 3 is 2.64 bits per heavy atom. The Kier molecular flexibility index (Phi) is 3.51. The molecule has 74 valence electrons. The number of carboxylic acid groups (broad SMARTS) is 1. The van der Waals surface area contributed by atoms with Gasteiger partial charge in [-0.05, 0) is 58.9 Å². The van der Waals surface area contributed by atoms with Gasteiger partial charge in [-0.1, -0.05) is 0 Å². The first-order valence-corrected chi connectivity index (χ1v) is 4.98. The number of halogens is 1. The first-order valence-electron chi connectivity index (χ1n) is 3.91. The summed E-state index contributed by atoms with van der Waals surface area (Å²) in [6.45, 7) is 1.77. The van der Waals surface area contributed by atoms with Crippen LogP contribution in [0.5, 0.6) is 5.75 Å². The highest BCUT2D eigenvalue weighted by Crippen LogP contribution is 2.25. The lowest BCUT2D eigenvalue weighted by molar-refractivity contribution is -0.131. The number of hydrogen-bond acceptors (Lipinski definition) is 2. The molecule has 4 heteroatoms. The van der Waals surface area contributed by atoms with E-state index < -0.39 is 5.97 Å². The Morgan fingerprint density at radius 2 is 2.14 bits per heavy atom. The lowest BCUT2D eigenvalue weighted by atomic mass is 10.1. The molecule has 1 aromatic rings. The van der Waals surface area contributed by atoms with Gasteiger partial charge in [0.05, 0.1) is 3.57 Å². The number of phenolic OH excluding ortho intramolecular Hbond substituents is 1. The molecule has 2 N–H and O–H groups in total. The van der Waals surface area contributed by atoms with E-state index in [4.69, 9.17) is 5.11 Å². The quantitative estimate of drug-likeness (QED) is 0.651. The molecule has 0 unspecified atom stereocenters. The van der Waals surface area contributed by atoms with E-state index in [1.165, 1.54) is 6.08 Å². The highest BCUT2D eigenvalue weighted by atomic mass is 127. The molecule has 0 heterocycles. The zero-order chi connectivity index (χ0) is 10.7. The van der Waals surface area contributed by atoms with E-state index >= 15 is 0 Å². The van der Waals surface area contributed by atoms with Crippen LogP contribution in [0.1, 0.15) is 11.1 Å². The van der Waals surface area contributed by atoms with Crippen molar-refractivity contribution in [1.29, 1.82) is 0 Å². The van der Waals surface area contributed by atoms with Gasteiger partial charge in [-0.2, -0.15) is 0 Å². The number of aliphatic carboxylic acids is 1. The van der Waals surface area contributed by atoms with Gasteiger partial charge in [-0.3, -0.25) is 0 Å². The Hall–Kier alpha value is -1.04. The molecule has 0 saturated carbocycles. The standard InChI is InChI=1S/C10H9IO3/c1-6-4-7(2-3-9(12)13)5-8(11)10(6)14/h2-5,14H,1H3,(H,12,13)/b3-2+. The summed E-state index contributed by atoms with van der Waals surface area (Å²) in [5.74, 6) is -0.733. The molecule has 0 spiro atoms.